The molecular weight excluding hydrogens is 266 g/mol. The number of aromatic nitrogens is 2. The van der Waals surface area contributed by atoms with Gasteiger partial charge in [0, 0.05) is 31.6 Å². The molecule has 1 aliphatic rings. The molecule has 1 aromatic heterocycles. The number of rotatable bonds is 6. The summed E-state index contributed by atoms with van der Waals surface area (Å²) in [7, 11) is 3.34. The van der Waals surface area contributed by atoms with Crippen molar-refractivity contribution < 1.29 is 9.53 Å². The van der Waals surface area contributed by atoms with Crippen molar-refractivity contribution in [1.82, 2.24) is 14.7 Å². The van der Waals surface area contributed by atoms with Gasteiger partial charge in [-0.1, -0.05) is 0 Å². The highest BCUT2D eigenvalue weighted by Gasteiger charge is 2.30. The number of methoxy groups -OCH3 is 1. The minimum Gasteiger partial charge on any atom is -0.481 e. The van der Waals surface area contributed by atoms with Crippen LogP contribution >= 0.6 is 11.6 Å². The maximum absolute atomic E-state index is 12.5. The molecule has 106 valence electrons. The van der Waals surface area contributed by atoms with E-state index in [0.29, 0.717) is 30.0 Å². The van der Waals surface area contributed by atoms with Crippen LogP contribution in [0.2, 0.25) is 0 Å². The summed E-state index contributed by atoms with van der Waals surface area (Å²) in [6.45, 7) is 0.700. The third-order valence-electron chi connectivity index (χ3n) is 3.57. The van der Waals surface area contributed by atoms with Gasteiger partial charge in [0.15, 0.2) is 5.69 Å². The first-order valence-electron chi connectivity index (χ1n) is 6.62. The number of carbonyl (C=O) groups excluding carboxylic acids is 1. The predicted molar refractivity (Wildman–Crippen MR) is 73.8 cm³/mol. The van der Waals surface area contributed by atoms with Crippen molar-refractivity contribution in [2.45, 2.75) is 31.7 Å². The quantitative estimate of drug-likeness (QED) is 0.752. The van der Waals surface area contributed by atoms with Crippen molar-refractivity contribution in [3.63, 3.8) is 0 Å². The minimum absolute atomic E-state index is 0.0197. The van der Waals surface area contributed by atoms with Crippen LogP contribution in [0.15, 0.2) is 6.07 Å². The Morgan fingerprint density at radius 3 is 2.84 bits per heavy atom. The van der Waals surface area contributed by atoms with Crippen LogP contribution in [-0.4, -0.2) is 46.2 Å². The van der Waals surface area contributed by atoms with Gasteiger partial charge < -0.3 is 9.64 Å². The Hall–Kier alpha value is -1.23. The maximum Gasteiger partial charge on any atom is 0.274 e. The molecule has 0 atom stereocenters. The second kappa shape index (κ2) is 6.28. The maximum atomic E-state index is 12.5. The van der Waals surface area contributed by atoms with Gasteiger partial charge in [-0.3, -0.25) is 4.79 Å². The van der Waals surface area contributed by atoms with Crippen LogP contribution in [0.25, 0.3) is 0 Å². The number of ether oxygens (including phenoxy) is 1. The number of amides is 1. The average molecular weight is 286 g/mol. The monoisotopic (exact) mass is 285 g/mol. The lowest BCUT2D eigenvalue weighted by Crippen LogP contribution is -2.45. The molecular formula is C13H20ClN3O2. The normalized spacial score (nSPS) is 15.1. The van der Waals surface area contributed by atoms with Crippen LogP contribution < -0.4 is 4.74 Å². The van der Waals surface area contributed by atoms with Gasteiger partial charge in [-0.15, -0.1) is 11.6 Å². The van der Waals surface area contributed by atoms with Crippen molar-refractivity contribution >= 4 is 17.5 Å². The van der Waals surface area contributed by atoms with Crippen molar-refractivity contribution in [3.8, 4) is 5.88 Å². The number of hydrogen-bond donors (Lipinski definition) is 0. The first-order valence-corrected chi connectivity index (χ1v) is 7.15. The van der Waals surface area contributed by atoms with Crippen LogP contribution in [-0.2, 0) is 7.05 Å². The highest BCUT2D eigenvalue weighted by atomic mass is 35.5. The fourth-order valence-corrected chi connectivity index (χ4v) is 2.39. The summed E-state index contributed by atoms with van der Waals surface area (Å²) in [5.74, 6) is 1.14. The largest absolute Gasteiger partial charge is 0.481 e. The number of hydrogen-bond acceptors (Lipinski definition) is 3. The second-order valence-electron chi connectivity index (χ2n) is 4.82. The number of alkyl halides is 1. The molecule has 1 aromatic rings. The number of carbonyl (C=O) groups is 1. The molecule has 1 aliphatic carbocycles. The van der Waals surface area contributed by atoms with Crippen LogP contribution in [0, 0.1) is 0 Å². The Morgan fingerprint density at radius 1 is 1.63 bits per heavy atom. The Bertz CT molecular complexity index is 443. The van der Waals surface area contributed by atoms with Gasteiger partial charge in [0.2, 0.25) is 5.88 Å². The zero-order chi connectivity index (χ0) is 13.8. The minimum atomic E-state index is -0.0197. The summed E-state index contributed by atoms with van der Waals surface area (Å²) in [6, 6.07) is 2.04. The lowest BCUT2D eigenvalue weighted by molar-refractivity contribution is 0.0574. The molecule has 0 saturated heterocycles. The lowest BCUT2D eigenvalue weighted by atomic mass is 9.91. The fourth-order valence-electron chi connectivity index (χ4n) is 2.27. The van der Waals surface area contributed by atoms with Gasteiger partial charge in [-0.25, -0.2) is 4.68 Å². The lowest BCUT2D eigenvalue weighted by Gasteiger charge is -2.37. The summed E-state index contributed by atoms with van der Waals surface area (Å²) < 4.78 is 6.72. The zero-order valence-corrected chi connectivity index (χ0v) is 12.2. The third kappa shape index (κ3) is 3.03. The van der Waals surface area contributed by atoms with Gasteiger partial charge >= 0.3 is 0 Å². The SMILES string of the molecule is COc1cc(C(=O)N(CCCCl)C2CCC2)nn1C. The van der Waals surface area contributed by atoms with Gasteiger partial charge in [0.05, 0.1) is 7.11 Å². The molecule has 0 aliphatic heterocycles. The number of nitrogens with zero attached hydrogens (tertiary/aromatic N) is 3. The summed E-state index contributed by atoms with van der Waals surface area (Å²) >= 11 is 5.74. The Kier molecular flexibility index (Phi) is 4.69. The van der Waals surface area contributed by atoms with Crippen LogP contribution in [0.5, 0.6) is 5.88 Å². The molecule has 0 bridgehead atoms. The standard InChI is InChI=1S/C13H20ClN3O2/c1-16-12(19-2)9-11(15-16)13(18)17(8-4-7-14)10-5-3-6-10/h9-10H,3-8H2,1-2H3. The molecule has 1 heterocycles. The van der Waals surface area contributed by atoms with Crippen molar-refractivity contribution in [3.05, 3.63) is 11.8 Å². The number of aryl methyl sites for hydroxylation is 1. The molecule has 0 aromatic carbocycles. The summed E-state index contributed by atoms with van der Waals surface area (Å²) in [5, 5.41) is 4.22. The van der Waals surface area contributed by atoms with Crippen molar-refractivity contribution in [1.29, 1.82) is 0 Å². The smallest absolute Gasteiger partial charge is 0.274 e. The van der Waals surface area contributed by atoms with Crippen LogP contribution in [0.3, 0.4) is 0 Å². The highest BCUT2D eigenvalue weighted by molar-refractivity contribution is 6.17. The fraction of sp³-hybridized carbons (Fsp3) is 0.692. The van der Waals surface area contributed by atoms with Gasteiger partial charge in [-0.05, 0) is 25.7 Å². The Labute approximate surface area is 118 Å². The highest BCUT2D eigenvalue weighted by Crippen LogP contribution is 2.26. The van der Waals surface area contributed by atoms with E-state index in [1.807, 2.05) is 4.90 Å². The summed E-state index contributed by atoms with van der Waals surface area (Å²) in [6.07, 6.45) is 4.17. The van der Waals surface area contributed by atoms with E-state index in [4.69, 9.17) is 16.3 Å². The zero-order valence-electron chi connectivity index (χ0n) is 11.4. The van der Waals surface area contributed by atoms with E-state index in [-0.39, 0.29) is 5.91 Å². The molecule has 1 saturated carbocycles. The average Bonchev–Trinajstić information content (AvgIpc) is 2.72. The predicted octanol–water partition coefficient (Wildman–Crippen LogP) is 2.05. The van der Waals surface area contributed by atoms with E-state index in [9.17, 15) is 4.79 Å². The van der Waals surface area contributed by atoms with E-state index < -0.39 is 0 Å². The van der Waals surface area contributed by atoms with E-state index >= 15 is 0 Å². The summed E-state index contributed by atoms with van der Waals surface area (Å²) in [5.41, 5.74) is 0.445. The van der Waals surface area contributed by atoms with E-state index in [1.165, 1.54) is 6.42 Å². The molecule has 0 N–H and O–H groups in total. The van der Waals surface area contributed by atoms with Crippen LogP contribution in [0.1, 0.15) is 36.2 Å². The first-order chi connectivity index (χ1) is 9.17. The second-order valence-corrected chi connectivity index (χ2v) is 5.20. The molecule has 5 nitrogen and oxygen atoms in total. The van der Waals surface area contributed by atoms with Gasteiger partial charge in [0.25, 0.3) is 5.91 Å². The van der Waals surface area contributed by atoms with Gasteiger partial charge in [-0.2, -0.15) is 5.10 Å². The molecule has 2 rings (SSSR count). The van der Waals surface area contributed by atoms with Crippen molar-refractivity contribution in [2.75, 3.05) is 19.5 Å². The topological polar surface area (TPSA) is 47.4 Å². The molecule has 0 spiro atoms. The molecule has 19 heavy (non-hydrogen) atoms. The molecule has 1 fully saturated rings. The molecule has 0 unspecified atom stereocenters. The van der Waals surface area contributed by atoms with Crippen molar-refractivity contribution in [2.24, 2.45) is 7.05 Å². The molecule has 0 radical (unpaired) electrons. The molecule has 1 amide bonds. The Balaban J connectivity index is 2.12. The van der Waals surface area contributed by atoms with E-state index in [2.05, 4.69) is 5.10 Å². The third-order valence-corrected chi connectivity index (χ3v) is 3.84. The van der Waals surface area contributed by atoms with Crippen LogP contribution in [0.4, 0.5) is 0 Å². The van der Waals surface area contributed by atoms with E-state index in [1.54, 1.807) is 24.9 Å². The summed E-state index contributed by atoms with van der Waals surface area (Å²) in [4.78, 5) is 14.4. The van der Waals surface area contributed by atoms with Gasteiger partial charge in [0.1, 0.15) is 0 Å². The Morgan fingerprint density at radius 2 is 2.37 bits per heavy atom. The first kappa shape index (κ1) is 14.2. The molecule has 6 heteroatoms. The number of halogens is 1. The van der Waals surface area contributed by atoms with E-state index in [0.717, 1.165) is 19.3 Å².